The summed E-state index contributed by atoms with van der Waals surface area (Å²) in [6.07, 6.45) is 0.619. The standard InChI is InChI=1S/C21H22BrF2N3O2/c1-2-29-18-8-5-13(11-21(18,23)24)20(28)27-12-14-4-3-9-25-19(14)26-16-7-6-15(22)10-17(16)27/h3-4,6-7,9-10,13,18H,2,5,8,11-12H2,1H3,(H,25,26). The molecule has 1 N–H and O–H groups in total. The van der Waals surface area contributed by atoms with Gasteiger partial charge in [-0.3, -0.25) is 4.79 Å². The summed E-state index contributed by atoms with van der Waals surface area (Å²) in [6.45, 7) is 2.22. The molecule has 0 spiro atoms. The van der Waals surface area contributed by atoms with Crippen LogP contribution in [0.5, 0.6) is 0 Å². The number of rotatable bonds is 3. The summed E-state index contributed by atoms with van der Waals surface area (Å²) in [5.74, 6) is -3.40. The summed E-state index contributed by atoms with van der Waals surface area (Å²) in [5.41, 5.74) is 2.20. The van der Waals surface area contributed by atoms with Crippen molar-refractivity contribution in [3.63, 3.8) is 0 Å². The lowest BCUT2D eigenvalue weighted by Gasteiger charge is -2.37. The first-order valence-electron chi connectivity index (χ1n) is 9.70. The smallest absolute Gasteiger partial charge is 0.274 e. The first kappa shape index (κ1) is 20.2. The van der Waals surface area contributed by atoms with E-state index in [4.69, 9.17) is 4.74 Å². The highest BCUT2D eigenvalue weighted by atomic mass is 79.9. The largest absolute Gasteiger partial charge is 0.372 e. The molecule has 1 aliphatic carbocycles. The Morgan fingerprint density at radius 1 is 1.38 bits per heavy atom. The van der Waals surface area contributed by atoms with E-state index in [0.29, 0.717) is 23.6 Å². The summed E-state index contributed by atoms with van der Waals surface area (Å²) >= 11 is 3.45. The minimum absolute atomic E-state index is 0.173. The molecule has 5 nitrogen and oxygen atoms in total. The van der Waals surface area contributed by atoms with Gasteiger partial charge in [0.2, 0.25) is 5.91 Å². The second kappa shape index (κ2) is 7.99. The number of amides is 1. The average Bonchev–Trinajstić information content (AvgIpc) is 2.85. The fourth-order valence-corrected chi connectivity index (χ4v) is 4.40. The van der Waals surface area contributed by atoms with Gasteiger partial charge in [0.25, 0.3) is 5.92 Å². The number of aromatic nitrogens is 1. The SMILES string of the molecule is CCOC1CCC(C(=O)N2Cc3cccnc3Nc3ccc(Br)cc32)CC1(F)F. The molecular weight excluding hydrogens is 444 g/mol. The number of carbonyl (C=O) groups excluding carboxylic acids is 1. The second-order valence-electron chi connectivity index (χ2n) is 7.41. The third-order valence-corrected chi connectivity index (χ3v) is 5.97. The van der Waals surface area contributed by atoms with Crippen LogP contribution in [0.15, 0.2) is 41.0 Å². The van der Waals surface area contributed by atoms with Crippen molar-refractivity contribution >= 4 is 39.0 Å². The number of anilines is 3. The molecule has 1 aliphatic heterocycles. The van der Waals surface area contributed by atoms with Crippen LogP contribution in [0, 0.1) is 5.92 Å². The summed E-state index contributed by atoms with van der Waals surface area (Å²) in [4.78, 5) is 19.4. The Balaban J connectivity index is 1.66. The van der Waals surface area contributed by atoms with Gasteiger partial charge in [0.15, 0.2) is 0 Å². The van der Waals surface area contributed by atoms with Crippen LogP contribution in [-0.2, 0) is 16.1 Å². The summed E-state index contributed by atoms with van der Waals surface area (Å²) in [7, 11) is 0. The zero-order valence-electron chi connectivity index (χ0n) is 16.0. The van der Waals surface area contributed by atoms with Crippen molar-refractivity contribution in [2.24, 2.45) is 5.92 Å². The molecule has 2 aliphatic rings. The van der Waals surface area contributed by atoms with Crippen LogP contribution in [0.25, 0.3) is 0 Å². The van der Waals surface area contributed by atoms with Gasteiger partial charge in [0.05, 0.1) is 17.9 Å². The van der Waals surface area contributed by atoms with Crippen molar-refractivity contribution in [2.75, 3.05) is 16.8 Å². The number of carbonyl (C=O) groups is 1. The lowest BCUT2D eigenvalue weighted by atomic mass is 9.83. The number of ether oxygens (including phenoxy) is 1. The molecular formula is C21H22BrF2N3O2. The first-order chi connectivity index (χ1) is 13.9. The average molecular weight is 466 g/mol. The Hall–Kier alpha value is -2.06. The molecule has 2 atom stereocenters. The van der Waals surface area contributed by atoms with Crippen molar-refractivity contribution in [3.05, 3.63) is 46.6 Å². The maximum atomic E-state index is 14.6. The third kappa shape index (κ3) is 4.00. The number of benzene rings is 1. The number of fused-ring (bicyclic) bond motifs is 2. The minimum atomic E-state index is -3.02. The Kier molecular flexibility index (Phi) is 5.57. The topological polar surface area (TPSA) is 54.5 Å². The molecule has 4 rings (SSSR count). The van der Waals surface area contributed by atoms with Crippen LogP contribution >= 0.6 is 15.9 Å². The summed E-state index contributed by atoms with van der Waals surface area (Å²) < 4.78 is 35.2. The molecule has 0 saturated heterocycles. The number of pyridine rings is 1. The Labute approximate surface area is 176 Å². The molecule has 1 fully saturated rings. The number of nitrogens with zero attached hydrogens (tertiary/aromatic N) is 2. The van der Waals surface area contributed by atoms with Gasteiger partial charge in [0.1, 0.15) is 11.9 Å². The van der Waals surface area contributed by atoms with Crippen molar-refractivity contribution in [1.82, 2.24) is 4.98 Å². The molecule has 8 heteroatoms. The van der Waals surface area contributed by atoms with E-state index >= 15 is 0 Å². The zero-order valence-corrected chi connectivity index (χ0v) is 17.6. The summed E-state index contributed by atoms with van der Waals surface area (Å²) in [5, 5.41) is 3.26. The molecule has 2 aromatic rings. The van der Waals surface area contributed by atoms with Crippen molar-refractivity contribution in [1.29, 1.82) is 0 Å². The normalized spacial score (nSPS) is 22.8. The Morgan fingerprint density at radius 2 is 2.21 bits per heavy atom. The fraction of sp³-hybridized carbons (Fsp3) is 0.429. The second-order valence-corrected chi connectivity index (χ2v) is 8.32. The number of alkyl halides is 2. The monoisotopic (exact) mass is 465 g/mol. The Morgan fingerprint density at radius 3 is 2.97 bits per heavy atom. The lowest BCUT2D eigenvalue weighted by Crippen LogP contribution is -2.47. The first-order valence-corrected chi connectivity index (χ1v) is 10.5. The van der Waals surface area contributed by atoms with Crippen molar-refractivity contribution < 1.29 is 18.3 Å². The van der Waals surface area contributed by atoms with Crippen LogP contribution in [0.1, 0.15) is 31.7 Å². The molecule has 0 bridgehead atoms. The van der Waals surface area contributed by atoms with Gasteiger partial charge in [-0.05, 0) is 44.0 Å². The van der Waals surface area contributed by atoms with Gasteiger partial charge in [-0.15, -0.1) is 0 Å². The quantitative estimate of drug-likeness (QED) is 0.670. The fourth-order valence-electron chi connectivity index (χ4n) is 4.06. The number of hydrogen-bond donors (Lipinski definition) is 1. The van der Waals surface area contributed by atoms with Crippen LogP contribution < -0.4 is 10.2 Å². The van der Waals surface area contributed by atoms with E-state index in [9.17, 15) is 13.6 Å². The molecule has 154 valence electrons. The van der Waals surface area contributed by atoms with Crippen LogP contribution in [-0.4, -0.2) is 29.5 Å². The van der Waals surface area contributed by atoms with Crippen LogP contribution in [0.3, 0.4) is 0 Å². The molecule has 1 saturated carbocycles. The van der Waals surface area contributed by atoms with E-state index in [1.165, 1.54) is 0 Å². The predicted molar refractivity (Wildman–Crippen MR) is 111 cm³/mol. The lowest BCUT2D eigenvalue weighted by molar-refractivity contribution is -0.170. The number of halogens is 3. The molecule has 1 aromatic carbocycles. The van der Waals surface area contributed by atoms with Crippen LogP contribution in [0.4, 0.5) is 26.0 Å². The van der Waals surface area contributed by atoms with Gasteiger partial charge < -0.3 is 15.0 Å². The minimum Gasteiger partial charge on any atom is -0.372 e. The summed E-state index contributed by atoms with van der Waals surface area (Å²) in [6, 6.07) is 9.23. The zero-order chi connectivity index (χ0) is 20.6. The van der Waals surface area contributed by atoms with Gasteiger partial charge in [-0.2, -0.15) is 0 Å². The van der Waals surface area contributed by atoms with Crippen molar-refractivity contribution in [2.45, 2.75) is 44.8 Å². The van der Waals surface area contributed by atoms with E-state index in [1.807, 2.05) is 24.3 Å². The van der Waals surface area contributed by atoms with E-state index in [1.54, 1.807) is 24.1 Å². The van der Waals surface area contributed by atoms with Gasteiger partial charge >= 0.3 is 0 Å². The van der Waals surface area contributed by atoms with E-state index in [0.717, 1.165) is 10.0 Å². The number of hydrogen-bond acceptors (Lipinski definition) is 4. The van der Waals surface area contributed by atoms with Crippen molar-refractivity contribution in [3.8, 4) is 0 Å². The number of nitrogens with one attached hydrogen (secondary N) is 1. The highest BCUT2D eigenvalue weighted by Crippen LogP contribution is 2.42. The highest BCUT2D eigenvalue weighted by Gasteiger charge is 2.48. The molecule has 1 amide bonds. The molecule has 29 heavy (non-hydrogen) atoms. The Bertz CT molecular complexity index is 925. The molecule has 1 aromatic heterocycles. The highest BCUT2D eigenvalue weighted by molar-refractivity contribution is 9.10. The van der Waals surface area contributed by atoms with Gasteiger partial charge in [-0.25, -0.2) is 13.8 Å². The molecule has 2 heterocycles. The third-order valence-electron chi connectivity index (χ3n) is 5.47. The van der Waals surface area contributed by atoms with Crippen LogP contribution in [0.2, 0.25) is 0 Å². The van der Waals surface area contributed by atoms with E-state index in [2.05, 4.69) is 26.2 Å². The van der Waals surface area contributed by atoms with Gasteiger partial charge in [0, 0.05) is 35.2 Å². The van der Waals surface area contributed by atoms with E-state index in [-0.39, 0.29) is 25.5 Å². The molecule has 2 unspecified atom stereocenters. The maximum Gasteiger partial charge on any atom is 0.274 e. The van der Waals surface area contributed by atoms with E-state index < -0.39 is 24.4 Å². The maximum absolute atomic E-state index is 14.6. The predicted octanol–water partition coefficient (Wildman–Crippen LogP) is 5.27. The van der Waals surface area contributed by atoms with Gasteiger partial charge in [-0.1, -0.05) is 22.0 Å². The molecule has 0 radical (unpaired) electrons.